The third-order valence-electron chi connectivity index (χ3n) is 4.43. The van der Waals surface area contributed by atoms with Crippen molar-refractivity contribution in [1.29, 1.82) is 0 Å². The molecule has 0 heterocycles. The van der Waals surface area contributed by atoms with E-state index < -0.39 is 6.10 Å². The predicted molar refractivity (Wildman–Crippen MR) is 105 cm³/mol. The fourth-order valence-electron chi connectivity index (χ4n) is 3.33. The molecule has 0 bridgehead atoms. The minimum absolute atomic E-state index is 0.152. The van der Waals surface area contributed by atoms with Gasteiger partial charge >= 0.3 is 0 Å². The number of aliphatic hydroxyl groups excluding tert-OH is 1. The van der Waals surface area contributed by atoms with Gasteiger partial charge in [0, 0.05) is 11.1 Å². The molecule has 2 atom stereocenters. The molecular formula is C20H14Br2O2. The number of phenols is 1. The first kappa shape index (κ1) is 15.9. The molecule has 0 aliphatic heterocycles. The lowest BCUT2D eigenvalue weighted by Crippen LogP contribution is -2.40. The van der Waals surface area contributed by atoms with Crippen molar-refractivity contribution < 1.29 is 10.2 Å². The molecule has 0 radical (unpaired) electrons. The number of aliphatic hydroxyl groups is 1. The molecule has 0 aromatic heterocycles. The van der Waals surface area contributed by atoms with Gasteiger partial charge in [0.2, 0.25) is 0 Å². The van der Waals surface area contributed by atoms with E-state index in [4.69, 9.17) is 0 Å². The molecule has 1 aliphatic rings. The predicted octanol–water partition coefficient (Wildman–Crippen LogP) is 3.43. The summed E-state index contributed by atoms with van der Waals surface area (Å²) in [6.07, 6.45) is 1.25. The van der Waals surface area contributed by atoms with E-state index in [0.29, 0.717) is 10.0 Å². The van der Waals surface area contributed by atoms with Gasteiger partial charge in [-0.05, 0) is 43.2 Å². The van der Waals surface area contributed by atoms with Crippen molar-refractivity contribution in [2.75, 3.05) is 0 Å². The monoisotopic (exact) mass is 444 g/mol. The Bertz CT molecular complexity index is 1070. The molecule has 4 heteroatoms. The van der Waals surface area contributed by atoms with Gasteiger partial charge < -0.3 is 10.2 Å². The van der Waals surface area contributed by atoms with E-state index in [2.05, 4.69) is 31.9 Å². The highest BCUT2D eigenvalue weighted by Crippen LogP contribution is 2.40. The smallest absolute Gasteiger partial charge is 0.138 e. The molecule has 0 spiro atoms. The molecule has 3 aromatic carbocycles. The van der Waals surface area contributed by atoms with Crippen molar-refractivity contribution in [2.45, 2.75) is 10.9 Å². The van der Waals surface area contributed by atoms with Crippen LogP contribution in [0, 0.1) is 0 Å². The lowest BCUT2D eigenvalue weighted by atomic mass is 9.88. The van der Waals surface area contributed by atoms with Gasteiger partial charge in [-0.3, -0.25) is 0 Å². The first-order chi connectivity index (χ1) is 11.6. The van der Waals surface area contributed by atoms with E-state index >= 15 is 0 Å². The van der Waals surface area contributed by atoms with Crippen molar-refractivity contribution >= 4 is 54.3 Å². The molecule has 120 valence electrons. The van der Waals surface area contributed by atoms with Crippen LogP contribution in [0.2, 0.25) is 0 Å². The maximum Gasteiger partial charge on any atom is 0.138 e. The lowest BCUT2D eigenvalue weighted by Gasteiger charge is -2.24. The highest BCUT2D eigenvalue weighted by atomic mass is 79.9. The average molecular weight is 446 g/mol. The van der Waals surface area contributed by atoms with E-state index in [9.17, 15) is 10.2 Å². The topological polar surface area (TPSA) is 40.5 Å². The van der Waals surface area contributed by atoms with Crippen LogP contribution in [-0.4, -0.2) is 21.1 Å². The quantitative estimate of drug-likeness (QED) is 0.563. The number of hydrogen-bond donors (Lipinski definition) is 2. The number of aromatic hydroxyl groups is 1. The first-order valence-electron chi connectivity index (χ1n) is 7.62. The molecule has 2 nitrogen and oxygen atoms in total. The van der Waals surface area contributed by atoms with E-state index in [1.165, 1.54) is 0 Å². The summed E-state index contributed by atoms with van der Waals surface area (Å²) in [5.74, 6) is 0.152. The Balaban J connectivity index is 2.23. The fraction of sp³-hybridized carbons (Fsp3) is 0.100. The Labute approximate surface area is 156 Å². The second-order valence-corrected chi connectivity index (χ2v) is 7.77. The minimum atomic E-state index is -0.747. The summed E-state index contributed by atoms with van der Waals surface area (Å²) in [6.45, 7) is 0. The van der Waals surface area contributed by atoms with Crippen molar-refractivity contribution in [3.63, 3.8) is 0 Å². The summed E-state index contributed by atoms with van der Waals surface area (Å²) in [5.41, 5.74) is 1.42. The van der Waals surface area contributed by atoms with Gasteiger partial charge in [0.1, 0.15) is 5.75 Å². The number of phenolic OH excluding ortho intramolecular Hbond substituents is 1. The summed E-state index contributed by atoms with van der Waals surface area (Å²) in [5, 5.41) is 25.6. The van der Waals surface area contributed by atoms with Gasteiger partial charge in [-0.15, -0.1) is 0 Å². The van der Waals surface area contributed by atoms with Crippen molar-refractivity contribution in [3.05, 3.63) is 75.1 Å². The van der Waals surface area contributed by atoms with E-state index in [1.807, 2.05) is 60.7 Å². The number of rotatable bonds is 1. The van der Waals surface area contributed by atoms with E-state index in [-0.39, 0.29) is 10.6 Å². The zero-order valence-electron chi connectivity index (χ0n) is 12.6. The van der Waals surface area contributed by atoms with Crippen LogP contribution < -0.4 is 10.4 Å². The molecule has 0 saturated heterocycles. The molecule has 0 amide bonds. The summed E-state index contributed by atoms with van der Waals surface area (Å²) in [4.78, 5) is -0.209. The molecule has 3 aromatic rings. The number of halogens is 2. The Hall–Kier alpha value is -1.62. The lowest BCUT2D eigenvalue weighted by molar-refractivity contribution is 0.244. The van der Waals surface area contributed by atoms with Crippen molar-refractivity contribution in [2.24, 2.45) is 0 Å². The Morgan fingerprint density at radius 2 is 1.67 bits per heavy atom. The highest BCUT2D eigenvalue weighted by molar-refractivity contribution is 9.10. The number of benzene rings is 3. The van der Waals surface area contributed by atoms with Crippen LogP contribution in [0.15, 0.2) is 59.1 Å². The van der Waals surface area contributed by atoms with Crippen molar-refractivity contribution in [1.82, 2.24) is 0 Å². The van der Waals surface area contributed by atoms with Crippen LogP contribution >= 0.6 is 31.9 Å². The van der Waals surface area contributed by atoms with Crippen molar-refractivity contribution in [3.8, 4) is 5.75 Å². The molecular weight excluding hydrogens is 432 g/mol. The second kappa shape index (κ2) is 6.03. The Morgan fingerprint density at radius 3 is 2.50 bits per heavy atom. The van der Waals surface area contributed by atoms with Gasteiger partial charge in [0.25, 0.3) is 0 Å². The maximum atomic E-state index is 10.9. The normalized spacial score (nSPS) is 19.9. The maximum absolute atomic E-state index is 10.9. The third kappa shape index (κ3) is 2.41. The van der Waals surface area contributed by atoms with Crippen LogP contribution in [0.4, 0.5) is 0 Å². The van der Waals surface area contributed by atoms with Crippen LogP contribution in [0.3, 0.4) is 0 Å². The Morgan fingerprint density at radius 1 is 0.958 bits per heavy atom. The summed E-state index contributed by atoms with van der Waals surface area (Å²) in [6, 6.07) is 17.7. The van der Waals surface area contributed by atoms with Crippen LogP contribution in [0.1, 0.15) is 5.56 Å². The molecule has 0 saturated carbocycles. The zero-order valence-corrected chi connectivity index (χ0v) is 15.8. The van der Waals surface area contributed by atoms with Crippen LogP contribution in [0.25, 0.3) is 22.4 Å². The highest BCUT2D eigenvalue weighted by Gasteiger charge is 2.28. The fourth-order valence-corrected chi connectivity index (χ4v) is 4.32. The number of hydrogen-bond acceptors (Lipinski definition) is 2. The average Bonchev–Trinajstić information content (AvgIpc) is 2.58. The van der Waals surface area contributed by atoms with Gasteiger partial charge in [-0.2, -0.15) is 0 Å². The molecule has 4 rings (SSSR count). The molecule has 1 aliphatic carbocycles. The Kier molecular flexibility index (Phi) is 3.99. The second-order valence-electron chi connectivity index (χ2n) is 5.86. The van der Waals surface area contributed by atoms with Crippen LogP contribution in [-0.2, 0) is 0 Å². The van der Waals surface area contributed by atoms with E-state index in [1.54, 1.807) is 0 Å². The molecule has 2 N–H and O–H groups in total. The zero-order chi connectivity index (χ0) is 16.8. The summed E-state index contributed by atoms with van der Waals surface area (Å²) < 4.78 is 0.619. The van der Waals surface area contributed by atoms with Gasteiger partial charge in [0.05, 0.1) is 15.4 Å². The minimum Gasteiger partial charge on any atom is -0.506 e. The summed E-state index contributed by atoms with van der Waals surface area (Å²) >= 11 is 6.99. The van der Waals surface area contributed by atoms with Gasteiger partial charge in [-0.25, -0.2) is 0 Å². The summed E-state index contributed by atoms with van der Waals surface area (Å²) in [7, 11) is 0. The molecule has 24 heavy (non-hydrogen) atoms. The van der Waals surface area contributed by atoms with E-state index in [0.717, 1.165) is 26.8 Å². The van der Waals surface area contributed by atoms with Gasteiger partial charge in [0.15, 0.2) is 0 Å². The number of fused-ring (bicyclic) bond motifs is 2. The standard InChI is InChI=1S/C20H14Br2O2/c21-15-9-11-5-1-3-7-13(11)17(19(15)23)18-14-8-4-2-6-12(14)10-16(22)20(18)24/h1-10,15,19,23-24H. The molecule has 2 unspecified atom stereocenters. The SMILES string of the molecule is Oc1c(Br)cc2ccccc2c1C1=c2ccccc2=CC(Br)C1O. The number of alkyl halides is 1. The third-order valence-corrected chi connectivity index (χ3v) is 5.80. The van der Waals surface area contributed by atoms with Gasteiger partial charge in [-0.1, -0.05) is 70.5 Å². The largest absolute Gasteiger partial charge is 0.506 e. The van der Waals surface area contributed by atoms with Crippen LogP contribution in [0.5, 0.6) is 5.75 Å². The molecule has 0 fully saturated rings. The first-order valence-corrected chi connectivity index (χ1v) is 9.32.